The summed E-state index contributed by atoms with van der Waals surface area (Å²) in [6, 6.07) is 4.56. The van der Waals surface area contributed by atoms with E-state index in [-0.39, 0.29) is 15.6 Å². The van der Waals surface area contributed by atoms with Crippen molar-refractivity contribution in [3.8, 4) is 0 Å². The summed E-state index contributed by atoms with van der Waals surface area (Å²) in [6.45, 7) is 3.25. The lowest BCUT2D eigenvalue weighted by Crippen LogP contribution is -2.15. The molecule has 0 saturated carbocycles. The molecule has 102 valence electrons. The number of anilines is 2. The molecule has 0 bridgehead atoms. The summed E-state index contributed by atoms with van der Waals surface area (Å²) in [7, 11) is -3.74. The number of hydrogen-bond donors (Lipinski definition) is 3. The Balaban J connectivity index is 2.42. The van der Waals surface area contributed by atoms with E-state index in [2.05, 4.69) is 14.9 Å². The number of aryl methyl sites for hydroxylation is 2. The lowest BCUT2D eigenvalue weighted by Gasteiger charge is -2.10. The molecule has 2 aromatic rings. The van der Waals surface area contributed by atoms with Crippen molar-refractivity contribution in [2.75, 3.05) is 10.5 Å². The minimum atomic E-state index is -3.74. The molecular weight excluding hydrogens is 288 g/mol. The molecule has 1 aromatic carbocycles. The molecule has 6 nitrogen and oxygen atoms in total. The van der Waals surface area contributed by atoms with Crippen LogP contribution in [-0.2, 0) is 10.0 Å². The van der Waals surface area contributed by atoms with Gasteiger partial charge in [0.1, 0.15) is 4.90 Å². The van der Waals surface area contributed by atoms with E-state index < -0.39 is 10.0 Å². The van der Waals surface area contributed by atoms with E-state index in [1.54, 1.807) is 19.9 Å². The number of nitrogens with zero attached hydrogens (tertiary/aromatic N) is 1. The first-order chi connectivity index (χ1) is 8.81. The highest BCUT2D eigenvalue weighted by atomic mass is 35.5. The average Bonchev–Trinajstić information content (AvgIpc) is 2.63. The minimum Gasteiger partial charge on any atom is -0.399 e. The Morgan fingerprint density at radius 3 is 2.58 bits per heavy atom. The van der Waals surface area contributed by atoms with Gasteiger partial charge in [0.2, 0.25) is 0 Å². The molecule has 1 aromatic heterocycles. The van der Waals surface area contributed by atoms with E-state index in [4.69, 9.17) is 17.3 Å². The minimum absolute atomic E-state index is 0.125. The highest BCUT2D eigenvalue weighted by Crippen LogP contribution is 2.27. The molecule has 0 saturated heterocycles. The van der Waals surface area contributed by atoms with Crippen molar-refractivity contribution >= 4 is 33.0 Å². The highest BCUT2D eigenvalue weighted by molar-refractivity contribution is 7.92. The average molecular weight is 301 g/mol. The topological polar surface area (TPSA) is 101 Å². The summed E-state index contributed by atoms with van der Waals surface area (Å²) in [6.07, 6.45) is 0. The zero-order valence-corrected chi connectivity index (χ0v) is 11.9. The molecule has 1 heterocycles. The Kier molecular flexibility index (Phi) is 3.42. The second-order valence-electron chi connectivity index (χ2n) is 4.11. The van der Waals surface area contributed by atoms with Crippen LogP contribution in [0.3, 0.4) is 0 Å². The van der Waals surface area contributed by atoms with Gasteiger partial charge in [-0.15, -0.1) is 0 Å². The highest BCUT2D eigenvalue weighted by Gasteiger charge is 2.23. The molecule has 0 radical (unpaired) electrons. The second-order valence-corrected chi connectivity index (χ2v) is 6.13. The lowest BCUT2D eigenvalue weighted by molar-refractivity contribution is 0.600. The smallest absolute Gasteiger partial charge is 0.265 e. The SMILES string of the molecule is Cc1n[nH]c(C)c1S(=O)(=O)Nc1ccc(N)cc1Cl. The Labute approximate surface area is 116 Å². The van der Waals surface area contributed by atoms with Crippen LogP contribution in [0.15, 0.2) is 23.1 Å². The van der Waals surface area contributed by atoms with Gasteiger partial charge in [0.25, 0.3) is 10.0 Å². The largest absolute Gasteiger partial charge is 0.399 e. The number of aromatic amines is 1. The van der Waals surface area contributed by atoms with E-state index in [0.29, 0.717) is 17.1 Å². The van der Waals surface area contributed by atoms with Crippen LogP contribution in [-0.4, -0.2) is 18.6 Å². The van der Waals surface area contributed by atoms with Crippen LogP contribution in [0.25, 0.3) is 0 Å². The first-order valence-electron chi connectivity index (χ1n) is 5.40. The zero-order chi connectivity index (χ0) is 14.2. The zero-order valence-electron chi connectivity index (χ0n) is 10.4. The van der Waals surface area contributed by atoms with Crippen molar-refractivity contribution in [3.63, 3.8) is 0 Å². The number of hydrogen-bond acceptors (Lipinski definition) is 4. The van der Waals surface area contributed by atoms with Gasteiger partial charge in [0, 0.05) is 5.69 Å². The standard InChI is InChI=1S/C11H13ClN4O2S/c1-6-11(7(2)15-14-6)19(17,18)16-10-4-3-8(13)5-9(10)12/h3-5,16H,13H2,1-2H3,(H,14,15). The van der Waals surface area contributed by atoms with Crippen LogP contribution in [0, 0.1) is 13.8 Å². The number of halogens is 1. The second kappa shape index (κ2) is 4.75. The van der Waals surface area contributed by atoms with E-state index in [0.717, 1.165) is 0 Å². The number of nitrogen functional groups attached to an aromatic ring is 1. The van der Waals surface area contributed by atoms with Crippen LogP contribution >= 0.6 is 11.6 Å². The molecule has 0 fully saturated rings. The van der Waals surface area contributed by atoms with Gasteiger partial charge in [-0.25, -0.2) is 8.42 Å². The predicted octanol–water partition coefficient (Wildman–Crippen LogP) is 2.06. The summed E-state index contributed by atoms with van der Waals surface area (Å²) >= 11 is 5.95. The molecule has 0 aliphatic heterocycles. The first-order valence-corrected chi connectivity index (χ1v) is 7.27. The number of H-pyrrole nitrogens is 1. The van der Waals surface area contributed by atoms with Crippen molar-refractivity contribution in [3.05, 3.63) is 34.6 Å². The van der Waals surface area contributed by atoms with Gasteiger partial charge < -0.3 is 5.73 Å². The normalized spacial score (nSPS) is 11.5. The molecule has 2 rings (SSSR count). The Morgan fingerprint density at radius 1 is 1.37 bits per heavy atom. The van der Waals surface area contributed by atoms with Crippen LogP contribution in [0.5, 0.6) is 0 Å². The third kappa shape index (κ3) is 2.66. The van der Waals surface area contributed by atoms with Gasteiger partial charge in [-0.2, -0.15) is 5.10 Å². The summed E-state index contributed by atoms with van der Waals surface area (Å²) < 4.78 is 27.0. The number of rotatable bonds is 3. The van der Waals surface area contributed by atoms with Gasteiger partial charge in [-0.05, 0) is 32.0 Å². The van der Waals surface area contributed by atoms with Gasteiger partial charge in [0.05, 0.1) is 22.1 Å². The quantitative estimate of drug-likeness (QED) is 0.755. The molecule has 19 heavy (non-hydrogen) atoms. The molecule has 0 amide bonds. The predicted molar refractivity (Wildman–Crippen MR) is 74.7 cm³/mol. The molecular formula is C11H13ClN4O2S. The number of sulfonamides is 1. The fourth-order valence-corrected chi connectivity index (χ4v) is 3.49. The van der Waals surface area contributed by atoms with Gasteiger partial charge in [-0.3, -0.25) is 9.82 Å². The number of aromatic nitrogens is 2. The maximum atomic E-state index is 12.3. The Hall–Kier alpha value is -1.73. The molecule has 0 unspecified atom stereocenters. The summed E-state index contributed by atoms with van der Waals surface area (Å²) in [5.74, 6) is 0. The maximum Gasteiger partial charge on any atom is 0.265 e. The van der Waals surface area contributed by atoms with Gasteiger partial charge >= 0.3 is 0 Å². The molecule has 0 aliphatic carbocycles. The monoisotopic (exact) mass is 300 g/mol. The number of benzene rings is 1. The summed E-state index contributed by atoms with van der Waals surface area (Å²) in [5, 5.41) is 6.73. The van der Waals surface area contributed by atoms with E-state index >= 15 is 0 Å². The van der Waals surface area contributed by atoms with Gasteiger partial charge in [0.15, 0.2) is 0 Å². The Morgan fingerprint density at radius 2 is 2.05 bits per heavy atom. The van der Waals surface area contributed by atoms with Crippen LogP contribution in [0.4, 0.5) is 11.4 Å². The fourth-order valence-electron chi connectivity index (χ4n) is 1.75. The third-order valence-corrected chi connectivity index (χ3v) is 4.51. The van der Waals surface area contributed by atoms with Crippen molar-refractivity contribution in [2.24, 2.45) is 0 Å². The van der Waals surface area contributed by atoms with Gasteiger partial charge in [-0.1, -0.05) is 11.6 Å². The van der Waals surface area contributed by atoms with Crippen molar-refractivity contribution in [2.45, 2.75) is 18.7 Å². The third-order valence-electron chi connectivity index (χ3n) is 2.57. The van der Waals surface area contributed by atoms with E-state index in [1.807, 2.05) is 0 Å². The summed E-state index contributed by atoms with van der Waals surface area (Å²) in [5.41, 5.74) is 7.16. The Bertz CT molecular complexity index is 705. The number of nitrogens with one attached hydrogen (secondary N) is 2. The van der Waals surface area contributed by atoms with E-state index in [1.165, 1.54) is 12.1 Å². The maximum absolute atomic E-state index is 12.3. The lowest BCUT2D eigenvalue weighted by atomic mass is 10.3. The number of nitrogens with two attached hydrogens (primary N) is 1. The van der Waals surface area contributed by atoms with Crippen molar-refractivity contribution < 1.29 is 8.42 Å². The fraction of sp³-hybridized carbons (Fsp3) is 0.182. The summed E-state index contributed by atoms with van der Waals surface area (Å²) in [4.78, 5) is 0.125. The molecule has 8 heteroatoms. The molecule has 4 N–H and O–H groups in total. The first kappa shape index (κ1) is 13.7. The van der Waals surface area contributed by atoms with Crippen molar-refractivity contribution in [1.29, 1.82) is 0 Å². The van der Waals surface area contributed by atoms with Crippen LogP contribution in [0.1, 0.15) is 11.4 Å². The van der Waals surface area contributed by atoms with Crippen LogP contribution in [0.2, 0.25) is 5.02 Å². The van der Waals surface area contributed by atoms with E-state index in [9.17, 15) is 8.42 Å². The molecule has 0 spiro atoms. The van der Waals surface area contributed by atoms with Crippen LogP contribution < -0.4 is 10.5 Å². The van der Waals surface area contributed by atoms with Crippen molar-refractivity contribution in [1.82, 2.24) is 10.2 Å². The molecule has 0 atom stereocenters. The molecule has 0 aliphatic rings.